The number of aliphatic hydroxyl groups excluding tert-OH is 1. The second-order valence-electron chi connectivity index (χ2n) is 2.09. The molecule has 0 rings (SSSR count). The Morgan fingerprint density at radius 1 is 1.67 bits per heavy atom. The van der Waals surface area contributed by atoms with Crippen molar-refractivity contribution < 1.29 is 5.11 Å². The highest BCUT2D eigenvalue weighted by Crippen LogP contribution is 1.87. The molecule has 0 heterocycles. The van der Waals surface area contributed by atoms with Crippen molar-refractivity contribution in [2.75, 3.05) is 0 Å². The maximum Gasteiger partial charge on any atom is 0.186 e. The average molecular weight is 131 g/mol. The molecule has 0 aromatic carbocycles. The first-order chi connectivity index (χ1) is 4.04. The normalized spacial score (nSPS) is 16.3. The summed E-state index contributed by atoms with van der Waals surface area (Å²) in [5.74, 6) is -0.108. The third kappa shape index (κ3) is 3.78. The van der Waals surface area contributed by atoms with Gasteiger partial charge in [-0.3, -0.25) is 5.41 Å². The molecule has 0 aliphatic carbocycles. The van der Waals surface area contributed by atoms with Gasteiger partial charge in [-0.05, 0) is 13.8 Å². The Kier molecular flexibility index (Phi) is 3.01. The summed E-state index contributed by atoms with van der Waals surface area (Å²) in [6.07, 6.45) is -0.478. The molecule has 0 radical (unpaired) electrons. The van der Waals surface area contributed by atoms with Gasteiger partial charge in [0.15, 0.2) is 5.96 Å². The quantitative estimate of drug-likeness (QED) is 0.293. The van der Waals surface area contributed by atoms with Crippen LogP contribution in [-0.4, -0.2) is 23.2 Å². The van der Waals surface area contributed by atoms with Crippen LogP contribution in [0, 0.1) is 5.41 Å². The zero-order chi connectivity index (χ0) is 7.44. The fraction of sp³-hybridized carbons (Fsp3) is 0.800. The summed E-state index contributed by atoms with van der Waals surface area (Å²) < 4.78 is 0. The lowest BCUT2D eigenvalue weighted by Gasteiger charge is -2.15. The average Bonchev–Trinajstić information content (AvgIpc) is 1.63. The van der Waals surface area contributed by atoms with E-state index in [4.69, 9.17) is 16.2 Å². The van der Waals surface area contributed by atoms with E-state index < -0.39 is 6.10 Å². The first-order valence-electron chi connectivity index (χ1n) is 2.82. The zero-order valence-electron chi connectivity index (χ0n) is 5.68. The first-order valence-corrected chi connectivity index (χ1v) is 2.82. The van der Waals surface area contributed by atoms with Gasteiger partial charge in [-0.25, -0.2) is 0 Å². The molecule has 0 fully saturated rings. The minimum absolute atomic E-state index is 0.108. The standard InChI is InChI=1S/C5H13N3O/c1-3(4(2)9)8-5(6)7/h3-4,9H,1-2H3,(H4,6,7,8). The molecule has 0 saturated heterocycles. The number of nitrogens with two attached hydrogens (primary N) is 1. The SMILES string of the molecule is CC(O)C(C)NC(=N)N. The fourth-order valence-electron chi connectivity index (χ4n) is 0.366. The van der Waals surface area contributed by atoms with Crippen molar-refractivity contribution >= 4 is 5.96 Å². The minimum Gasteiger partial charge on any atom is -0.391 e. The van der Waals surface area contributed by atoms with E-state index in [-0.39, 0.29) is 12.0 Å². The van der Waals surface area contributed by atoms with Gasteiger partial charge in [0.1, 0.15) is 0 Å². The van der Waals surface area contributed by atoms with E-state index in [1.54, 1.807) is 13.8 Å². The van der Waals surface area contributed by atoms with Crippen molar-refractivity contribution in [3.05, 3.63) is 0 Å². The molecular weight excluding hydrogens is 118 g/mol. The molecule has 0 saturated carbocycles. The Morgan fingerprint density at radius 3 is 2.22 bits per heavy atom. The van der Waals surface area contributed by atoms with Crippen molar-refractivity contribution in [2.24, 2.45) is 5.73 Å². The van der Waals surface area contributed by atoms with Gasteiger partial charge >= 0.3 is 0 Å². The largest absolute Gasteiger partial charge is 0.391 e. The van der Waals surface area contributed by atoms with Gasteiger partial charge in [0.25, 0.3) is 0 Å². The molecule has 2 unspecified atom stereocenters. The van der Waals surface area contributed by atoms with E-state index in [9.17, 15) is 0 Å². The Hall–Kier alpha value is -0.770. The fourth-order valence-corrected chi connectivity index (χ4v) is 0.366. The lowest BCUT2D eigenvalue weighted by atomic mass is 10.2. The molecule has 0 aliphatic heterocycles. The highest BCUT2D eigenvalue weighted by molar-refractivity contribution is 5.74. The number of rotatable bonds is 2. The third-order valence-corrected chi connectivity index (χ3v) is 1.11. The van der Waals surface area contributed by atoms with Crippen LogP contribution in [0.1, 0.15) is 13.8 Å². The van der Waals surface area contributed by atoms with E-state index >= 15 is 0 Å². The van der Waals surface area contributed by atoms with E-state index in [0.717, 1.165) is 0 Å². The monoisotopic (exact) mass is 131 g/mol. The molecule has 0 spiro atoms. The summed E-state index contributed by atoms with van der Waals surface area (Å²) in [6.45, 7) is 3.40. The zero-order valence-corrected chi connectivity index (χ0v) is 5.68. The molecule has 0 amide bonds. The van der Waals surface area contributed by atoms with Gasteiger partial charge in [0.05, 0.1) is 12.1 Å². The Bertz CT molecular complexity index is 102. The first kappa shape index (κ1) is 8.23. The lowest BCUT2D eigenvalue weighted by Crippen LogP contribution is -2.43. The van der Waals surface area contributed by atoms with Crippen molar-refractivity contribution in [2.45, 2.75) is 26.0 Å². The Balaban J connectivity index is 3.50. The molecule has 0 aromatic rings. The summed E-state index contributed by atoms with van der Waals surface area (Å²) in [4.78, 5) is 0. The number of guanidine groups is 1. The molecule has 5 N–H and O–H groups in total. The molecule has 54 valence electrons. The van der Waals surface area contributed by atoms with Gasteiger partial charge in [0, 0.05) is 0 Å². The molecule has 0 bridgehead atoms. The van der Waals surface area contributed by atoms with E-state index in [2.05, 4.69) is 5.32 Å². The smallest absolute Gasteiger partial charge is 0.186 e. The van der Waals surface area contributed by atoms with Crippen molar-refractivity contribution in [1.29, 1.82) is 5.41 Å². The second-order valence-corrected chi connectivity index (χ2v) is 2.09. The van der Waals surface area contributed by atoms with E-state index in [1.807, 2.05) is 0 Å². The number of aliphatic hydroxyl groups is 1. The number of nitrogens with one attached hydrogen (secondary N) is 2. The van der Waals surface area contributed by atoms with Gasteiger partial charge in [-0.1, -0.05) is 0 Å². The predicted molar refractivity (Wildman–Crippen MR) is 36.2 cm³/mol. The van der Waals surface area contributed by atoms with Crippen molar-refractivity contribution in [3.63, 3.8) is 0 Å². The van der Waals surface area contributed by atoms with E-state index in [1.165, 1.54) is 0 Å². The Morgan fingerprint density at radius 2 is 2.11 bits per heavy atom. The number of hydrogen-bond acceptors (Lipinski definition) is 2. The van der Waals surface area contributed by atoms with Gasteiger partial charge in [-0.15, -0.1) is 0 Å². The topological polar surface area (TPSA) is 82.1 Å². The van der Waals surface area contributed by atoms with E-state index in [0.29, 0.717) is 0 Å². The molecule has 4 heteroatoms. The van der Waals surface area contributed by atoms with Crippen LogP contribution in [-0.2, 0) is 0 Å². The summed E-state index contributed by atoms with van der Waals surface area (Å²) >= 11 is 0. The van der Waals surface area contributed by atoms with Gasteiger partial charge < -0.3 is 16.2 Å². The maximum atomic E-state index is 8.86. The van der Waals surface area contributed by atoms with Crippen LogP contribution in [0.25, 0.3) is 0 Å². The van der Waals surface area contributed by atoms with Crippen LogP contribution in [0.2, 0.25) is 0 Å². The minimum atomic E-state index is -0.478. The number of hydrogen-bond donors (Lipinski definition) is 4. The molecular formula is C5H13N3O. The van der Waals surface area contributed by atoms with Crippen molar-refractivity contribution in [3.8, 4) is 0 Å². The summed E-state index contributed by atoms with van der Waals surface area (Å²) in [5.41, 5.74) is 4.99. The summed E-state index contributed by atoms with van der Waals surface area (Å²) in [6, 6.07) is -0.150. The summed E-state index contributed by atoms with van der Waals surface area (Å²) in [7, 11) is 0. The van der Waals surface area contributed by atoms with Gasteiger partial charge in [0.2, 0.25) is 0 Å². The molecule has 9 heavy (non-hydrogen) atoms. The third-order valence-electron chi connectivity index (χ3n) is 1.11. The van der Waals surface area contributed by atoms with Crippen LogP contribution in [0.5, 0.6) is 0 Å². The Labute approximate surface area is 54.6 Å². The molecule has 0 aliphatic rings. The van der Waals surface area contributed by atoms with Crippen LogP contribution in [0.4, 0.5) is 0 Å². The van der Waals surface area contributed by atoms with Gasteiger partial charge in [-0.2, -0.15) is 0 Å². The highest BCUT2D eigenvalue weighted by atomic mass is 16.3. The predicted octanol–water partition coefficient (Wildman–Crippen LogP) is -0.761. The van der Waals surface area contributed by atoms with Crippen LogP contribution in [0.15, 0.2) is 0 Å². The van der Waals surface area contributed by atoms with Crippen LogP contribution >= 0.6 is 0 Å². The van der Waals surface area contributed by atoms with Crippen LogP contribution in [0.3, 0.4) is 0 Å². The highest BCUT2D eigenvalue weighted by Gasteiger charge is 2.06. The lowest BCUT2D eigenvalue weighted by molar-refractivity contribution is 0.162. The molecule has 0 aromatic heterocycles. The maximum absolute atomic E-state index is 8.86. The summed E-state index contributed by atoms with van der Waals surface area (Å²) in [5, 5.41) is 18.2. The second kappa shape index (κ2) is 3.29. The molecule has 4 nitrogen and oxygen atoms in total. The van der Waals surface area contributed by atoms with Crippen molar-refractivity contribution in [1.82, 2.24) is 5.32 Å². The van der Waals surface area contributed by atoms with Crippen LogP contribution < -0.4 is 11.1 Å². The molecule has 2 atom stereocenters.